The lowest BCUT2D eigenvalue weighted by Gasteiger charge is -2.05. The van der Waals surface area contributed by atoms with Crippen molar-refractivity contribution in [3.8, 4) is 5.75 Å². The fourth-order valence-corrected chi connectivity index (χ4v) is 2.56. The quantitative estimate of drug-likeness (QED) is 0.778. The molecule has 0 bridgehead atoms. The van der Waals surface area contributed by atoms with Gasteiger partial charge in [-0.05, 0) is 24.1 Å². The summed E-state index contributed by atoms with van der Waals surface area (Å²) in [7, 11) is 3.70. The van der Waals surface area contributed by atoms with Gasteiger partial charge in [-0.2, -0.15) is 0 Å². The summed E-state index contributed by atoms with van der Waals surface area (Å²) in [5.41, 5.74) is 6.80. The van der Waals surface area contributed by atoms with E-state index in [1.165, 1.54) is 11.3 Å². The summed E-state index contributed by atoms with van der Waals surface area (Å²) in [6.07, 6.45) is 0.686. The van der Waals surface area contributed by atoms with Crippen LogP contribution in [0.1, 0.15) is 15.2 Å². The van der Waals surface area contributed by atoms with Crippen LogP contribution < -0.4 is 16.0 Å². The van der Waals surface area contributed by atoms with Gasteiger partial charge < -0.3 is 21.1 Å². The molecule has 0 aliphatic rings. The van der Waals surface area contributed by atoms with Crippen molar-refractivity contribution >= 4 is 28.2 Å². The SMILES string of the molecule is CN(C)c1nc(N)c(C(=O)NCCc2ccc(O)cc2)s1. The molecule has 0 fully saturated rings. The first-order chi connectivity index (χ1) is 9.97. The number of aromatic nitrogens is 1. The highest BCUT2D eigenvalue weighted by Gasteiger charge is 2.16. The molecule has 1 heterocycles. The van der Waals surface area contributed by atoms with Crippen molar-refractivity contribution in [1.82, 2.24) is 10.3 Å². The Balaban J connectivity index is 1.91. The van der Waals surface area contributed by atoms with Crippen LogP contribution in [0, 0.1) is 0 Å². The minimum absolute atomic E-state index is 0.211. The number of amides is 1. The van der Waals surface area contributed by atoms with E-state index < -0.39 is 0 Å². The van der Waals surface area contributed by atoms with Gasteiger partial charge >= 0.3 is 0 Å². The Labute approximate surface area is 127 Å². The van der Waals surface area contributed by atoms with E-state index in [1.54, 1.807) is 12.1 Å². The highest BCUT2D eigenvalue weighted by atomic mass is 32.1. The zero-order chi connectivity index (χ0) is 15.4. The number of phenolic OH excluding ortho intramolecular Hbond substituents is 1. The molecular weight excluding hydrogens is 288 g/mol. The Morgan fingerprint density at radius 2 is 2.05 bits per heavy atom. The van der Waals surface area contributed by atoms with Gasteiger partial charge in [-0.3, -0.25) is 4.79 Å². The van der Waals surface area contributed by atoms with Gasteiger partial charge in [0.2, 0.25) is 0 Å². The number of benzene rings is 1. The molecule has 1 aromatic carbocycles. The molecule has 0 unspecified atom stereocenters. The average Bonchev–Trinajstić information content (AvgIpc) is 2.83. The summed E-state index contributed by atoms with van der Waals surface area (Å²) in [5.74, 6) is 0.277. The standard InChI is InChI=1S/C14H18N4O2S/c1-18(2)14-17-12(15)11(21-14)13(20)16-8-7-9-3-5-10(19)6-4-9/h3-6,19H,7-8,15H2,1-2H3,(H,16,20). The van der Waals surface area contributed by atoms with Crippen molar-refractivity contribution in [2.75, 3.05) is 31.3 Å². The fraction of sp³-hybridized carbons (Fsp3) is 0.286. The zero-order valence-electron chi connectivity index (χ0n) is 12.0. The predicted octanol–water partition coefficient (Wildman–Crippen LogP) is 1.47. The van der Waals surface area contributed by atoms with E-state index in [-0.39, 0.29) is 17.5 Å². The van der Waals surface area contributed by atoms with Crippen molar-refractivity contribution in [1.29, 1.82) is 0 Å². The second kappa shape index (κ2) is 6.45. The minimum Gasteiger partial charge on any atom is -0.508 e. The van der Waals surface area contributed by atoms with Gasteiger partial charge in [0.25, 0.3) is 5.91 Å². The van der Waals surface area contributed by atoms with Gasteiger partial charge in [-0.25, -0.2) is 4.98 Å². The summed E-state index contributed by atoms with van der Waals surface area (Å²) in [4.78, 5) is 18.5. The van der Waals surface area contributed by atoms with Gasteiger partial charge in [-0.1, -0.05) is 23.5 Å². The normalized spacial score (nSPS) is 10.4. The Morgan fingerprint density at radius 1 is 1.38 bits per heavy atom. The highest BCUT2D eigenvalue weighted by Crippen LogP contribution is 2.26. The Morgan fingerprint density at radius 3 is 2.62 bits per heavy atom. The minimum atomic E-state index is -0.211. The van der Waals surface area contributed by atoms with E-state index in [0.29, 0.717) is 23.0 Å². The number of nitrogens with two attached hydrogens (primary N) is 1. The molecule has 1 aromatic heterocycles. The molecular formula is C14H18N4O2S. The summed E-state index contributed by atoms with van der Waals surface area (Å²) in [6, 6.07) is 6.91. The van der Waals surface area contributed by atoms with Crippen LogP contribution in [0.2, 0.25) is 0 Å². The smallest absolute Gasteiger partial charge is 0.265 e. The molecule has 0 radical (unpaired) electrons. The number of nitrogen functional groups attached to an aromatic ring is 1. The lowest BCUT2D eigenvalue weighted by Crippen LogP contribution is -2.25. The zero-order valence-corrected chi connectivity index (χ0v) is 12.8. The number of hydrogen-bond acceptors (Lipinski definition) is 6. The van der Waals surface area contributed by atoms with Crippen molar-refractivity contribution in [3.05, 3.63) is 34.7 Å². The maximum atomic E-state index is 12.1. The van der Waals surface area contributed by atoms with E-state index >= 15 is 0 Å². The van der Waals surface area contributed by atoms with Gasteiger partial charge in [-0.15, -0.1) is 0 Å². The van der Waals surface area contributed by atoms with Gasteiger partial charge in [0.05, 0.1) is 0 Å². The van der Waals surface area contributed by atoms with Crippen LogP contribution in [-0.4, -0.2) is 36.6 Å². The molecule has 4 N–H and O–H groups in total. The molecule has 112 valence electrons. The molecule has 0 spiro atoms. The fourth-order valence-electron chi connectivity index (χ4n) is 1.74. The van der Waals surface area contributed by atoms with Gasteiger partial charge in [0.1, 0.15) is 16.4 Å². The third-order valence-corrected chi connectivity index (χ3v) is 4.10. The van der Waals surface area contributed by atoms with Crippen LogP contribution in [0.15, 0.2) is 24.3 Å². The monoisotopic (exact) mass is 306 g/mol. The van der Waals surface area contributed by atoms with E-state index in [1.807, 2.05) is 31.1 Å². The molecule has 0 atom stereocenters. The average molecular weight is 306 g/mol. The molecule has 0 saturated heterocycles. The number of carbonyl (C=O) groups is 1. The number of aromatic hydroxyl groups is 1. The van der Waals surface area contributed by atoms with Crippen LogP contribution in [0.25, 0.3) is 0 Å². The summed E-state index contributed by atoms with van der Waals surface area (Å²) < 4.78 is 0. The summed E-state index contributed by atoms with van der Waals surface area (Å²) in [6.45, 7) is 0.498. The van der Waals surface area contributed by atoms with E-state index in [9.17, 15) is 9.90 Å². The number of thiazole rings is 1. The van der Waals surface area contributed by atoms with Crippen molar-refractivity contribution in [2.45, 2.75) is 6.42 Å². The Bertz CT molecular complexity index is 622. The molecule has 21 heavy (non-hydrogen) atoms. The van der Waals surface area contributed by atoms with Crippen molar-refractivity contribution in [3.63, 3.8) is 0 Å². The predicted molar refractivity (Wildman–Crippen MR) is 85.0 cm³/mol. The third kappa shape index (κ3) is 3.85. The topological polar surface area (TPSA) is 91.5 Å². The lowest BCUT2D eigenvalue weighted by atomic mass is 10.1. The molecule has 0 aliphatic carbocycles. The second-order valence-electron chi connectivity index (χ2n) is 4.78. The molecule has 0 aliphatic heterocycles. The Kier molecular flexibility index (Phi) is 4.64. The molecule has 6 nitrogen and oxygen atoms in total. The number of hydrogen-bond donors (Lipinski definition) is 3. The maximum absolute atomic E-state index is 12.1. The second-order valence-corrected chi connectivity index (χ2v) is 5.76. The first kappa shape index (κ1) is 15.1. The molecule has 2 aromatic rings. The van der Waals surface area contributed by atoms with E-state index in [0.717, 1.165) is 5.56 Å². The number of phenols is 1. The number of nitrogens with one attached hydrogen (secondary N) is 1. The van der Waals surface area contributed by atoms with Gasteiger partial charge in [0.15, 0.2) is 5.13 Å². The van der Waals surface area contributed by atoms with Crippen LogP contribution >= 0.6 is 11.3 Å². The molecule has 0 saturated carbocycles. The van der Waals surface area contributed by atoms with Crippen LogP contribution in [-0.2, 0) is 6.42 Å². The number of carbonyl (C=O) groups excluding carboxylic acids is 1. The third-order valence-electron chi connectivity index (χ3n) is 2.87. The lowest BCUT2D eigenvalue weighted by molar-refractivity contribution is 0.0959. The summed E-state index contributed by atoms with van der Waals surface area (Å²) in [5, 5.41) is 12.7. The number of rotatable bonds is 5. The maximum Gasteiger partial charge on any atom is 0.265 e. The number of nitrogens with zero attached hydrogens (tertiary/aromatic N) is 2. The largest absolute Gasteiger partial charge is 0.508 e. The van der Waals surface area contributed by atoms with Crippen LogP contribution in [0.5, 0.6) is 5.75 Å². The van der Waals surface area contributed by atoms with E-state index in [4.69, 9.17) is 5.73 Å². The van der Waals surface area contributed by atoms with Crippen LogP contribution in [0.4, 0.5) is 10.9 Å². The van der Waals surface area contributed by atoms with Crippen molar-refractivity contribution < 1.29 is 9.90 Å². The number of anilines is 2. The molecule has 1 amide bonds. The molecule has 7 heteroatoms. The Hall–Kier alpha value is -2.28. The van der Waals surface area contributed by atoms with Crippen LogP contribution in [0.3, 0.4) is 0 Å². The summed E-state index contributed by atoms with van der Waals surface area (Å²) >= 11 is 1.27. The first-order valence-corrected chi connectivity index (χ1v) is 7.28. The molecule has 2 rings (SSSR count). The van der Waals surface area contributed by atoms with Crippen molar-refractivity contribution in [2.24, 2.45) is 0 Å². The first-order valence-electron chi connectivity index (χ1n) is 6.47. The van der Waals surface area contributed by atoms with E-state index in [2.05, 4.69) is 10.3 Å². The van der Waals surface area contributed by atoms with Gasteiger partial charge in [0, 0.05) is 20.6 Å². The highest BCUT2D eigenvalue weighted by molar-refractivity contribution is 7.18.